The van der Waals surface area contributed by atoms with Crippen molar-refractivity contribution in [2.24, 2.45) is 0 Å². The van der Waals surface area contributed by atoms with E-state index < -0.39 is 0 Å². The van der Waals surface area contributed by atoms with Gasteiger partial charge in [-0.25, -0.2) is 4.79 Å². The molecule has 0 saturated heterocycles. The van der Waals surface area contributed by atoms with Crippen molar-refractivity contribution in [3.05, 3.63) is 35.0 Å². The molecule has 0 aliphatic heterocycles. The lowest BCUT2D eigenvalue weighted by atomic mass is 10.1. The summed E-state index contributed by atoms with van der Waals surface area (Å²) >= 11 is 0. The SMILES string of the molecule is COC(=O)c1ccc2c3c([nH]c2c1)C(=O)CC3. The van der Waals surface area contributed by atoms with Gasteiger partial charge in [-0.1, -0.05) is 6.07 Å². The number of hydrogen-bond acceptors (Lipinski definition) is 3. The Kier molecular flexibility index (Phi) is 2.04. The van der Waals surface area contributed by atoms with Gasteiger partial charge in [-0.05, 0) is 24.1 Å². The van der Waals surface area contributed by atoms with E-state index in [-0.39, 0.29) is 11.8 Å². The highest BCUT2D eigenvalue weighted by atomic mass is 16.5. The Labute approximate surface area is 97.6 Å². The van der Waals surface area contributed by atoms with Crippen molar-refractivity contribution in [3.63, 3.8) is 0 Å². The first-order chi connectivity index (χ1) is 8.20. The molecular formula is C13H11NO3. The van der Waals surface area contributed by atoms with E-state index in [0.29, 0.717) is 17.7 Å². The van der Waals surface area contributed by atoms with Crippen LogP contribution in [0.5, 0.6) is 0 Å². The van der Waals surface area contributed by atoms with E-state index in [1.165, 1.54) is 7.11 Å². The molecule has 4 nitrogen and oxygen atoms in total. The van der Waals surface area contributed by atoms with Crippen LogP contribution in [-0.2, 0) is 11.2 Å². The van der Waals surface area contributed by atoms with Crippen LogP contribution in [0.1, 0.15) is 32.8 Å². The maximum Gasteiger partial charge on any atom is 0.337 e. The Balaban J connectivity index is 2.20. The summed E-state index contributed by atoms with van der Waals surface area (Å²) in [6.45, 7) is 0. The molecule has 2 aromatic rings. The van der Waals surface area contributed by atoms with Gasteiger partial charge >= 0.3 is 5.97 Å². The van der Waals surface area contributed by atoms with Crippen LogP contribution < -0.4 is 0 Å². The van der Waals surface area contributed by atoms with Gasteiger partial charge in [0, 0.05) is 17.3 Å². The summed E-state index contributed by atoms with van der Waals surface area (Å²) in [5.41, 5.74) is 3.08. The number of aromatic amines is 1. The summed E-state index contributed by atoms with van der Waals surface area (Å²) in [6, 6.07) is 5.33. The molecule has 0 fully saturated rings. The Hall–Kier alpha value is -2.10. The van der Waals surface area contributed by atoms with Gasteiger partial charge in [-0.15, -0.1) is 0 Å². The van der Waals surface area contributed by atoms with Crippen LogP contribution in [0.25, 0.3) is 10.9 Å². The maximum atomic E-state index is 11.6. The molecule has 1 aromatic heterocycles. The molecule has 17 heavy (non-hydrogen) atoms. The van der Waals surface area contributed by atoms with E-state index in [1.807, 2.05) is 6.07 Å². The van der Waals surface area contributed by atoms with Crippen molar-refractivity contribution in [1.82, 2.24) is 4.98 Å². The molecular weight excluding hydrogens is 218 g/mol. The standard InChI is InChI=1S/C13H11NO3/c1-17-13(16)7-2-3-8-9-4-5-11(15)12(9)14-10(8)6-7/h2-3,6,14H,4-5H2,1H3. The third-order valence-electron chi connectivity index (χ3n) is 3.21. The summed E-state index contributed by atoms with van der Waals surface area (Å²) in [5, 5.41) is 1.03. The monoisotopic (exact) mass is 229 g/mol. The summed E-state index contributed by atoms with van der Waals surface area (Å²) in [4.78, 5) is 26.1. The fourth-order valence-corrected chi connectivity index (χ4v) is 2.36. The first-order valence-electron chi connectivity index (χ1n) is 5.47. The van der Waals surface area contributed by atoms with Crippen LogP contribution >= 0.6 is 0 Å². The molecule has 1 N–H and O–H groups in total. The van der Waals surface area contributed by atoms with E-state index >= 15 is 0 Å². The second-order valence-electron chi connectivity index (χ2n) is 4.15. The Morgan fingerprint density at radius 3 is 2.94 bits per heavy atom. The van der Waals surface area contributed by atoms with Gasteiger partial charge < -0.3 is 9.72 Å². The number of nitrogens with one attached hydrogen (secondary N) is 1. The second-order valence-corrected chi connectivity index (χ2v) is 4.15. The fourth-order valence-electron chi connectivity index (χ4n) is 2.36. The third-order valence-corrected chi connectivity index (χ3v) is 3.21. The largest absolute Gasteiger partial charge is 0.465 e. The number of carbonyl (C=O) groups excluding carboxylic acids is 2. The highest BCUT2D eigenvalue weighted by molar-refractivity contribution is 6.06. The zero-order valence-corrected chi connectivity index (χ0v) is 9.37. The summed E-state index contributed by atoms with van der Waals surface area (Å²) < 4.78 is 4.66. The van der Waals surface area contributed by atoms with Crippen molar-refractivity contribution in [2.45, 2.75) is 12.8 Å². The van der Waals surface area contributed by atoms with Gasteiger partial charge in [0.05, 0.1) is 18.4 Å². The quantitative estimate of drug-likeness (QED) is 0.761. The lowest BCUT2D eigenvalue weighted by Gasteiger charge is -1.99. The first kappa shape index (κ1) is 10.1. The van der Waals surface area contributed by atoms with Crippen LogP contribution in [0.4, 0.5) is 0 Å². The van der Waals surface area contributed by atoms with E-state index in [0.717, 1.165) is 22.9 Å². The lowest BCUT2D eigenvalue weighted by Crippen LogP contribution is -2.00. The highest BCUT2D eigenvalue weighted by Gasteiger charge is 2.24. The molecule has 1 aliphatic rings. The van der Waals surface area contributed by atoms with Gasteiger partial charge in [-0.3, -0.25) is 4.79 Å². The van der Waals surface area contributed by atoms with Gasteiger partial charge in [-0.2, -0.15) is 0 Å². The summed E-state index contributed by atoms with van der Waals surface area (Å²) in [7, 11) is 1.35. The van der Waals surface area contributed by atoms with Crippen LogP contribution in [0.2, 0.25) is 0 Å². The normalized spacial score (nSPS) is 14.1. The van der Waals surface area contributed by atoms with E-state index in [1.54, 1.807) is 12.1 Å². The number of fused-ring (bicyclic) bond motifs is 3. The lowest BCUT2D eigenvalue weighted by molar-refractivity contribution is 0.0601. The number of methoxy groups -OCH3 is 1. The Morgan fingerprint density at radius 2 is 2.18 bits per heavy atom. The van der Waals surface area contributed by atoms with Gasteiger partial charge in [0.25, 0.3) is 0 Å². The van der Waals surface area contributed by atoms with Gasteiger partial charge in [0.1, 0.15) is 0 Å². The van der Waals surface area contributed by atoms with Crippen molar-refractivity contribution >= 4 is 22.7 Å². The third kappa shape index (κ3) is 1.37. The number of aromatic nitrogens is 1. The molecule has 1 aromatic carbocycles. The Bertz CT molecular complexity index is 639. The average Bonchev–Trinajstić information content (AvgIpc) is 2.88. The van der Waals surface area contributed by atoms with Crippen molar-refractivity contribution in [1.29, 1.82) is 0 Å². The molecule has 3 rings (SSSR count). The highest BCUT2D eigenvalue weighted by Crippen LogP contribution is 2.30. The molecule has 0 spiro atoms. The maximum absolute atomic E-state index is 11.6. The summed E-state index contributed by atoms with van der Waals surface area (Å²) in [5.74, 6) is -0.219. The van der Waals surface area contributed by atoms with Gasteiger partial charge in [0.2, 0.25) is 0 Å². The molecule has 0 atom stereocenters. The minimum atomic E-state index is -0.368. The number of aryl methyl sites for hydroxylation is 1. The van der Waals surface area contributed by atoms with Crippen LogP contribution in [0, 0.1) is 0 Å². The fraction of sp³-hybridized carbons (Fsp3) is 0.231. The topological polar surface area (TPSA) is 59.2 Å². The predicted molar refractivity (Wildman–Crippen MR) is 62.3 cm³/mol. The minimum absolute atomic E-state index is 0.149. The number of esters is 1. The van der Waals surface area contributed by atoms with E-state index in [4.69, 9.17) is 0 Å². The number of ketones is 1. The number of carbonyl (C=O) groups is 2. The van der Waals surface area contributed by atoms with E-state index in [9.17, 15) is 9.59 Å². The number of Topliss-reactive ketones (excluding diaryl/α,β-unsaturated/α-hetero) is 1. The molecule has 0 radical (unpaired) electrons. The first-order valence-corrected chi connectivity index (χ1v) is 5.47. The van der Waals surface area contributed by atoms with E-state index in [2.05, 4.69) is 9.72 Å². The average molecular weight is 229 g/mol. The van der Waals surface area contributed by atoms with Crippen molar-refractivity contribution in [3.8, 4) is 0 Å². The number of hydrogen-bond donors (Lipinski definition) is 1. The molecule has 86 valence electrons. The smallest absolute Gasteiger partial charge is 0.337 e. The molecule has 4 heteroatoms. The summed E-state index contributed by atoms with van der Waals surface area (Å²) in [6.07, 6.45) is 1.36. The second kappa shape index (κ2) is 3.45. The van der Waals surface area contributed by atoms with Crippen LogP contribution in [0.15, 0.2) is 18.2 Å². The zero-order chi connectivity index (χ0) is 12.0. The molecule has 1 aliphatic carbocycles. The number of H-pyrrole nitrogens is 1. The molecule has 0 bridgehead atoms. The number of rotatable bonds is 1. The van der Waals surface area contributed by atoms with Crippen LogP contribution in [0.3, 0.4) is 0 Å². The zero-order valence-electron chi connectivity index (χ0n) is 9.37. The predicted octanol–water partition coefficient (Wildman–Crippen LogP) is 2.08. The molecule has 0 saturated carbocycles. The number of ether oxygens (including phenoxy) is 1. The van der Waals surface area contributed by atoms with Crippen molar-refractivity contribution in [2.75, 3.05) is 7.11 Å². The van der Waals surface area contributed by atoms with Crippen molar-refractivity contribution < 1.29 is 14.3 Å². The van der Waals surface area contributed by atoms with Crippen LogP contribution in [-0.4, -0.2) is 23.8 Å². The molecule has 1 heterocycles. The molecule has 0 unspecified atom stereocenters. The molecule has 0 amide bonds. The number of benzene rings is 1. The Morgan fingerprint density at radius 1 is 1.35 bits per heavy atom. The minimum Gasteiger partial charge on any atom is -0.465 e. The van der Waals surface area contributed by atoms with Gasteiger partial charge in [0.15, 0.2) is 5.78 Å².